The number of rotatable bonds is 6. The summed E-state index contributed by atoms with van der Waals surface area (Å²) in [5.41, 5.74) is 0.191. The van der Waals surface area contributed by atoms with E-state index in [9.17, 15) is 9.59 Å². The molecule has 0 radical (unpaired) electrons. The summed E-state index contributed by atoms with van der Waals surface area (Å²) >= 11 is 0. The Hall–Kier alpha value is -1.91. The van der Waals surface area contributed by atoms with Gasteiger partial charge in [-0.15, -0.1) is 0 Å². The lowest BCUT2D eigenvalue weighted by atomic mass is 10.1. The van der Waals surface area contributed by atoms with Crippen LogP contribution in [0, 0.1) is 0 Å². The molecule has 0 saturated carbocycles. The Balaban J connectivity index is 2.67. The highest BCUT2D eigenvalue weighted by molar-refractivity contribution is 5.96. The van der Waals surface area contributed by atoms with Gasteiger partial charge in [-0.3, -0.25) is 9.59 Å². The largest absolute Gasteiger partial charge is 0.351 e. The second kappa shape index (κ2) is 7.76. The first kappa shape index (κ1) is 17.1. The van der Waals surface area contributed by atoms with Gasteiger partial charge >= 0.3 is 0 Å². The summed E-state index contributed by atoms with van der Waals surface area (Å²) in [6, 6.07) is 4.89. The SMILES string of the molecule is CCCCCNC(=O)c1cccc(C(=O)NC(C)(C)C)n1. The molecule has 0 aromatic carbocycles. The number of hydrogen-bond acceptors (Lipinski definition) is 3. The van der Waals surface area contributed by atoms with Crippen LogP contribution in [-0.2, 0) is 0 Å². The number of carbonyl (C=O) groups is 2. The third-order valence-electron chi connectivity index (χ3n) is 2.77. The number of aromatic nitrogens is 1. The Morgan fingerprint density at radius 3 is 2.29 bits per heavy atom. The summed E-state index contributed by atoms with van der Waals surface area (Å²) in [7, 11) is 0. The van der Waals surface area contributed by atoms with E-state index in [0.717, 1.165) is 19.3 Å². The summed E-state index contributed by atoms with van der Waals surface area (Å²) in [5, 5.41) is 5.64. The zero-order chi connectivity index (χ0) is 15.9. The lowest BCUT2D eigenvalue weighted by molar-refractivity contribution is 0.0914. The topological polar surface area (TPSA) is 71.1 Å². The van der Waals surface area contributed by atoms with E-state index in [-0.39, 0.29) is 28.7 Å². The van der Waals surface area contributed by atoms with Crippen molar-refractivity contribution < 1.29 is 9.59 Å². The van der Waals surface area contributed by atoms with E-state index in [1.54, 1.807) is 18.2 Å². The normalized spacial score (nSPS) is 11.0. The molecule has 0 saturated heterocycles. The molecule has 1 aromatic rings. The zero-order valence-electron chi connectivity index (χ0n) is 13.3. The number of amides is 2. The third kappa shape index (κ3) is 6.38. The van der Waals surface area contributed by atoms with Crippen molar-refractivity contribution in [2.24, 2.45) is 0 Å². The molecule has 2 amide bonds. The van der Waals surface area contributed by atoms with Crippen LogP contribution in [0.5, 0.6) is 0 Å². The van der Waals surface area contributed by atoms with Crippen molar-refractivity contribution in [3.8, 4) is 0 Å². The lowest BCUT2D eigenvalue weighted by Gasteiger charge is -2.20. The molecule has 1 rings (SSSR count). The average molecular weight is 291 g/mol. The summed E-state index contributed by atoms with van der Waals surface area (Å²) in [5.74, 6) is -0.514. The van der Waals surface area contributed by atoms with E-state index in [1.165, 1.54) is 0 Å². The molecule has 0 bridgehead atoms. The third-order valence-corrected chi connectivity index (χ3v) is 2.77. The summed E-state index contributed by atoms with van der Waals surface area (Å²) in [6.45, 7) is 8.44. The maximum Gasteiger partial charge on any atom is 0.270 e. The molecule has 0 unspecified atom stereocenters. The zero-order valence-corrected chi connectivity index (χ0v) is 13.3. The molecule has 21 heavy (non-hydrogen) atoms. The molecule has 2 N–H and O–H groups in total. The Kier molecular flexibility index (Phi) is 6.34. The Labute approximate surface area is 126 Å². The predicted molar refractivity (Wildman–Crippen MR) is 83.3 cm³/mol. The van der Waals surface area contributed by atoms with Gasteiger partial charge < -0.3 is 10.6 Å². The fourth-order valence-electron chi connectivity index (χ4n) is 1.76. The number of pyridine rings is 1. The van der Waals surface area contributed by atoms with Crippen molar-refractivity contribution in [2.75, 3.05) is 6.54 Å². The minimum Gasteiger partial charge on any atom is -0.351 e. The molecular weight excluding hydrogens is 266 g/mol. The summed E-state index contributed by atoms with van der Waals surface area (Å²) in [4.78, 5) is 28.1. The molecule has 0 fully saturated rings. The van der Waals surface area contributed by atoms with Crippen LogP contribution in [0.15, 0.2) is 18.2 Å². The molecule has 0 aliphatic heterocycles. The minimum absolute atomic E-state index is 0.239. The second-order valence-corrected chi connectivity index (χ2v) is 6.08. The summed E-state index contributed by atoms with van der Waals surface area (Å²) < 4.78 is 0. The minimum atomic E-state index is -0.336. The monoisotopic (exact) mass is 291 g/mol. The van der Waals surface area contributed by atoms with Crippen LogP contribution in [0.1, 0.15) is 67.9 Å². The first-order valence-corrected chi connectivity index (χ1v) is 7.41. The average Bonchev–Trinajstić information content (AvgIpc) is 2.41. The lowest BCUT2D eigenvalue weighted by Crippen LogP contribution is -2.41. The van der Waals surface area contributed by atoms with Gasteiger partial charge in [-0.05, 0) is 39.3 Å². The number of nitrogens with zero attached hydrogens (tertiary/aromatic N) is 1. The van der Waals surface area contributed by atoms with Gasteiger partial charge in [0.1, 0.15) is 11.4 Å². The standard InChI is InChI=1S/C16H25N3O2/c1-5-6-7-11-17-14(20)12-9-8-10-13(18-12)15(21)19-16(2,3)4/h8-10H,5-7,11H2,1-4H3,(H,17,20)(H,19,21). The van der Waals surface area contributed by atoms with Crippen molar-refractivity contribution in [3.05, 3.63) is 29.6 Å². The van der Waals surface area contributed by atoms with Crippen molar-refractivity contribution >= 4 is 11.8 Å². The summed E-state index contributed by atoms with van der Waals surface area (Å²) in [6.07, 6.45) is 3.14. The fourth-order valence-corrected chi connectivity index (χ4v) is 1.76. The van der Waals surface area contributed by atoms with Gasteiger partial charge in [0.25, 0.3) is 11.8 Å². The highest BCUT2D eigenvalue weighted by Crippen LogP contribution is 2.04. The van der Waals surface area contributed by atoms with Gasteiger partial charge in [-0.1, -0.05) is 25.8 Å². The number of carbonyl (C=O) groups excluding carboxylic acids is 2. The van der Waals surface area contributed by atoms with E-state index in [0.29, 0.717) is 6.54 Å². The molecule has 0 aliphatic rings. The number of hydrogen-bond donors (Lipinski definition) is 2. The van der Waals surface area contributed by atoms with Crippen LogP contribution in [0.25, 0.3) is 0 Å². The quantitative estimate of drug-likeness (QED) is 0.791. The van der Waals surface area contributed by atoms with E-state index in [1.807, 2.05) is 20.8 Å². The molecule has 5 nitrogen and oxygen atoms in total. The molecule has 0 atom stereocenters. The number of unbranched alkanes of at least 4 members (excludes halogenated alkanes) is 2. The van der Waals surface area contributed by atoms with Gasteiger partial charge in [0.05, 0.1) is 0 Å². The molecule has 1 heterocycles. The maximum absolute atomic E-state index is 12.0. The molecular formula is C16H25N3O2. The fraction of sp³-hybridized carbons (Fsp3) is 0.562. The van der Waals surface area contributed by atoms with Gasteiger partial charge in [0, 0.05) is 12.1 Å². The number of nitrogens with one attached hydrogen (secondary N) is 2. The predicted octanol–water partition coefficient (Wildman–Crippen LogP) is 2.53. The van der Waals surface area contributed by atoms with Crippen molar-refractivity contribution in [1.82, 2.24) is 15.6 Å². The van der Waals surface area contributed by atoms with E-state index in [2.05, 4.69) is 22.5 Å². The molecule has 116 valence electrons. The second-order valence-electron chi connectivity index (χ2n) is 6.08. The first-order valence-electron chi connectivity index (χ1n) is 7.41. The van der Waals surface area contributed by atoms with Crippen molar-refractivity contribution in [3.63, 3.8) is 0 Å². The van der Waals surface area contributed by atoms with Crippen LogP contribution in [0.4, 0.5) is 0 Å². The van der Waals surface area contributed by atoms with Crippen LogP contribution in [-0.4, -0.2) is 28.9 Å². The molecule has 0 spiro atoms. The van der Waals surface area contributed by atoms with E-state index < -0.39 is 0 Å². The van der Waals surface area contributed by atoms with Crippen LogP contribution < -0.4 is 10.6 Å². The molecule has 0 aliphatic carbocycles. The highest BCUT2D eigenvalue weighted by Gasteiger charge is 2.17. The first-order chi connectivity index (χ1) is 9.83. The van der Waals surface area contributed by atoms with Crippen molar-refractivity contribution in [1.29, 1.82) is 0 Å². The van der Waals surface area contributed by atoms with Gasteiger partial charge in [0.15, 0.2) is 0 Å². The molecule has 1 aromatic heterocycles. The van der Waals surface area contributed by atoms with Crippen molar-refractivity contribution in [2.45, 2.75) is 52.5 Å². The van der Waals surface area contributed by atoms with Crippen LogP contribution in [0.2, 0.25) is 0 Å². The molecule has 5 heteroatoms. The Bertz CT molecular complexity index is 493. The Morgan fingerprint density at radius 1 is 1.10 bits per heavy atom. The van der Waals surface area contributed by atoms with Crippen LogP contribution >= 0.6 is 0 Å². The van der Waals surface area contributed by atoms with Gasteiger partial charge in [0.2, 0.25) is 0 Å². The maximum atomic E-state index is 12.0. The van der Waals surface area contributed by atoms with E-state index in [4.69, 9.17) is 0 Å². The van der Waals surface area contributed by atoms with Gasteiger partial charge in [-0.2, -0.15) is 0 Å². The van der Waals surface area contributed by atoms with Crippen LogP contribution in [0.3, 0.4) is 0 Å². The highest BCUT2D eigenvalue weighted by atomic mass is 16.2. The Morgan fingerprint density at radius 2 is 1.71 bits per heavy atom. The van der Waals surface area contributed by atoms with E-state index >= 15 is 0 Å². The smallest absolute Gasteiger partial charge is 0.270 e. The van der Waals surface area contributed by atoms with Gasteiger partial charge in [-0.25, -0.2) is 4.98 Å².